The van der Waals surface area contributed by atoms with E-state index in [4.69, 9.17) is 4.74 Å². The zero-order valence-corrected chi connectivity index (χ0v) is 14.8. The Bertz CT molecular complexity index is 1030. The number of fused-ring (bicyclic) bond motifs is 3. The maximum atomic E-state index is 13.2. The van der Waals surface area contributed by atoms with Crippen LogP contribution in [0, 0.1) is 0 Å². The summed E-state index contributed by atoms with van der Waals surface area (Å²) in [7, 11) is 1.39. The van der Waals surface area contributed by atoms with Crippen LogP contribution in [0.3, 0.4) is 0 Å². The number of carbonyl (C=O) groups is 2. The standard InChI is InChI=1S/C21H18O6/c1-3-9-7-11-14(12(22)8-9)16-17(21(26)19(11)24)20(25)15-10(18(16)23)5-4-6-13(15)27-2/h4-8,19,21-22,24,26H,3H2,1-2H3. The highest BCUT2D eigenvalue weighted by Gasteiger charge is 2.45. The molecule has 6 nitrogen and oxygen atoms in total. The highest BCUT2D eigenvalue weighted by atomic mass is 16.5. The number of rotatable bonds is 2. The first kappa shape index (κ1) is 17.5. The predicted molar refractivity (Wildman–Crippen MR) is 97.0 cm³/mol. The minimum atomic E-state index is -1.58. The van der Waals surface area contributed by atoms with E-state index in [-0.39, 0.29) is 44.9 Å². The molecule has 0 fully saturated rings. The van der Waals surface area contributed by atoms with Crippen LogP contribution < -0.4 is 4.74 Å². The number of methoxy groups -OCH3 is 1. The van der Waals surface area contributed by atoms with Crippen LogP contribution in [0.4, 0.5) is 0 Å². The monoisotopic (exact) mass is 366 g/mol. The topological polar surface area (TPSA) is 104 Å². The van der Waals surface area contributed by atoms with Gasteiger partial charge in [-0.3, -0.25) is 9.59 Å². The van der Waals surface area contributed by atoms with Crippen molar-refractivity contribution < 1.29 is 29.6 Å². The van der Waals surface area contributed by atoms with E-state index in [1.54, 1.807) is 18.2 Å². The quantitative estimate of drug-likeness (QED) is 0.753. The van der Waals surface area contributed by atoms with Gasteiger partial charge in [0.2, 0.25) is 0 Å². The SMILES string of the molecule is CCc1cc(O)c2c(c1)C(O)C(O)C1=C2C(=O)c2cccc(OC)c2C1=O. The lowest BCUT2D eigenvalue weighted by molar-refractivity contribution is 0.0363. The maximum absolute atomic E-state index is 13.2. The molecule has 0 radical (unpaired) electrons. The number of benzene rings is 2. The first-order valence-electron chi connectivity index (χ1n) is 8.63. The number of Topliss-reactive ketones (excluding diaryl/α,β-unsaturated/α-hetero) is 2. The maximum Gasteiger partial charge on any atom is 0.196 e. The van der Waals surface area contributed by atoms with Crippen LogP contribution in [-0.2, 0) is 6.42 Å². The fourth-order valence-corrected chi connectivity index (χ4v) is 3.91. The van der Waals surface area contributed by atoms with Crippen LogP contribution in [0.25, 0.3) is 5.57 Å². The van der Waals surface area contributed by atoms with Gasteiger partial charge in [0.1, 0.15) is 23.7 Å². The molecule has 0 amide bonds. The molecule has 2 aromatic carbocycles. The number of carbonyl (C=O) groups excluding carboxylic acids is 2. The molecule has 27 heavy (non-hydrogen) atoms. The molecule has 0 heterocycles. The van der Waals surface area contributed by atoms with Crippen LogP contribution in [0.2, 0.25) is 0 Å². The van der Waals surface area contributed by atoms with E-state index in [1.807, 2.05) is 6.92 Å². The number of allylic oxidation sites excluding steroid dienone is 1. The Morgan fingerprint density at radius 2 is 1.78 bits per heavy atom. The second-order valence-corrected chi connectivity index (χ2v) is 6.65. The molecular formula is C21H18O6. The Balaban J connectivity index is 2.06. The molecule has 0 saturated heterocycles. The van der Waals surface area contributed by atoms with Gasteiger partial charge >= 0.3 is 0 Å². The van der Waals surface area contributed by atoms with Gasteiger partial charge in [0.25, 0.3) is 0 Å². The summed E-state index contributed by atoms with van der Waals surface area (Å²) in [6.45, 7) is 1.88. The Kier molecular flexibility index (Phi) is 3.91. The summed E-state index contributed by atoms with van der Waals surface area (Å²) >= 11 is 0. The van der Waals surface area contributed by atoms with Crippen molar-refractivity contribution in [1.82, 2.24) is 0 Å². The van der Waals surface area contributed by atoms with Gasteiger partial charge in [-0.25, -0.2) is 0 Å². The molecule has 0 spiro atoms. The van der Waals surface area contributed by atoms with Gasteiger partial charge in [-0.1, -0.05) is 25.1 Å². The van der Waals surface area contributed by atoms with Gasteiger partial charge in [0, 0.05) is 22.3 Å². The number of hydrogen-bond acceptors (Lipinski definition) is 6. The number of ketones is 2. The van der Waals surface area contributed by atoms with Gasteiger partial charge in [0.15, 0.2) is 11.6 Å². The molecule has 2 atom stereocenters. The number of hydrogen-bond donors (Lipinski definition) is 3. The van der Waals surface area contributed by atoms with Crippen molar-refractivity contribution in [3.05, 3.63) is 63.7 Å². The summed E-state index contributed by atoms with van der Waals surface area (Å²) in [5, 5.41) is 31.8. The third kappa shape index (κ3) is 2.27. The molecule has 138 valence electrons. The predicted octanol–water partition coefficient (Wildman–Crippen LogP) is 2.20. The van der Waals surface area contributed by atoms with Gasteiger partial charge in [-0.05, 0) is 29.7 Å². The van der Waals surface area contributed by atoms with Crippen molar-refractivity contribution in [2.45, 2.75) is 25.6 Å². The average Bonchev–Trinajstić information content (AvgIpc) is 2.67. The molecule has 0 bridgehead atoms. The van der Waals surface area contributed by atoms with Gasteiger partial charge in [0.05, 0.1) is 12.7 Å². The third-order valence-electron chi connectivity index (χ3n) is 5.24. The van der Waals surface area contributed by atoms with Gasteiger partial charge in [-0.15, -0.1) is 0 Å². The Morgan fingerprint density at radius 1 is 1.04 bits per heavy atom. The second kappa shape index (κ2) is 6.04. The largest absolute Gasteiger partial charge is 0.507 e. The van der Waals surface area contributed by atoms with Gasteiger partial charge in [-0.2, -0.15) is 0 Å². The lowest BCUT2D eigenvalue weighted by Crippen LogP contribution is -2.36. The fourth-order valence-electron chi connectivity index (χ4n) is 3.91. The van der Waals surface area contributed by atoms with E-state index in [0.29, 0.717) is 6.42 Å². The lowest BCUT2D eigenvalue weighted by atomic mass is 9.71. The summed E-state index contributed by atoms with van der Waals surface area (Å²) in [5.41, 5.74) is 1.02. The number of aryl methyl sites for hydroxylation is 1. The van der Waals surface area contributed by atoms with Crippen LogP contribution >= 0.6 is 0 Å². The molecule has 0 aliphatic heterocycles. The Morgan fingerprint density at radius 3 is 2.44 bits per heavy atom. The molecule has 2 unspecified atom stereocenters. The third-order valence-corrected chi connectivity index (χ3v) is 5.24. The molecule has 2 aromatic rings. The molecule has 2 aliphatic carbocycles. The van der Waals surface area contributed by atoms with Crippen molar-refractivity contribution in [3.63, 3.8) is 0 Å². The first-order valence-corrected chi connectivity index (χ1v) is 8.63. The molecule has 0 aromatic heterocycles. The van der Waals surface area contributed by atoms with E-state index in [0.717, 1.165) is 5.56 Å². The number of phenolic OH excluding ortho intramolecular Hbond substituents is 1. The van der Waals surface area contributed by atoms with Crippen molar-refractivity contribution >= 4 is 17.1 Å². The average molecular weight is 366 g/mol. The highest BCUT2D eigenvalue weighted by Crippen LogP contribution is 2.48. The fraction of sp³-hybridized carbons (Fsp3) is 0.238. The summed E-state index contributed by atoms with van der Waals surface area (Å²) in [6, 6.07) is 7.82. The van der Waals surface area contributed by atoms with Crippen LogP contribution in [0.5, 0.6) is 11.5 Å². The van der Waals surface area contributed by atoms with E-state index >= 15 is 0 Å². The zero-order chi connectivity index (χ0) is 19.5. The molecule has 6 heteroatoms. The number of phenols is 1. The molecule has 2 aliphatic rings. The number of aliphatic hydroxyl groups is 2. The Labute approximate surface area is 155 Å². The van der Waals surface area contributed by atoms with E-state index < -0.39 is 23.8 Å². The van der Waals surface area contributed by atoms with E-state index in [1.165, 1.54) is 19.2 Å². The summed E-state index contributed by atoms with van der Waals surface area (Å²) in [5.74, 6) is -1.07. The first-order chi connectivity index (χ1) is 12.9. The van der Waals surface area contributed by atoms with Crippen LogP contribution in [-0.4, -0.2) is 40.1 Å². The van der Waals surface area contributed by atoms with Crippen molar-refractivity contribution in [3.8, 4) is 11.5 Å². The molecule has 3 N–H and O–H groups in total. The Hall–Kier alpha value is -2.96. The summed E-state index contributed by atoms with van der Waals surface area (Å²) < 4.78 is 5.21. The van der Waals surface area contributed by atoms with Crippen molar-refractivity contribution in [1.29, 1.82) is 0 Å². The smallest absolute Gasteiger partial charge is 0.196 e. The second-order valence-electron chi connectivity index (χ2n) is 6.65. The van der Waals surface area contributed by atoms with E-state index in [2.05, 4.69) is 0 Å². The zero-order valence-electron chi connectivity index (χ0n) is 14.8. The van der Waals surface area contributed by atoms with Crippen LogP contribution in [0.1, 0.15) is 50.4 Å². The minimum absolute atomic E-state index is 0.0584. The number of aromatic hydroxyl groups is 1. The van der Waals surface area contributed by atoms with Gasteiger partial charge < -0.3 is 20.1 Å². The number of ether oxygens (including phenoxy) is 1. The molecule has 4 rings (SSSR count). The molecular weight excluding hydrogens is 348 g/mol. The summed E-state index contributed by atoms with van der Waals surface area (Å²) in [4.78, 5) is 26.4. The highest BCUT2D eigenvalue weighted by molar-refractivity contribution is 6.42. The lowest BCUT2D eigenvalue weighted by Gasteiger charge is -2.34. The minimum Gasteiger partial charge on any atom is -0.507 e. The normalized spacial score (nSPS) is 20.9. The molecule has 0 saturated carbocycles. The van der Waals surface area contributed by atoms with E-state index in [9.17, 15) is 24.9 Å². The van der Waals surface area contributed by atoms with Crippen LogP contribution in [0.15, 0.2) is 35.9 Å². The van der Waals surface area contributed by atoms with Crippen molar-refractivity contribution in [2.75, 3.05) is 7.11 Å². The summed E-state index contributed by atoms with van der Waals surface area (Å²) in [6.07, 6.45) is -2.40. The number of aliphatic hydroxyl groups excluding tert-OH is 2. The van der Waals surface area contributed by atoms with Crippen molar-refractivity contribution in [2.24, 2.45) is 0 Å².